The standard InChI is InChI=1S/C16H17Cl2N5O2/c1-8-20-15(22-21-8)12-4-9-2-3-23(7-13(9)25-12)16(24)10-6-19-14(18)5-11(10)17/h5-6,9,12-13H,2-4,7H2,1H3,(H,20,21,22)/t9?,12-,13-/m1/s1. The van der Waals surface area contributed by atoms with E-state index >= 15 is 0 Å². The Kier molecular flexibility index (Phi) is 4.39. The van der Waals surface area contributed by atoms with Gasteiger partial charge in [0, 0.05) is 19.3 Å². The molecule has 0 saturated carbocycles. The van der Waals surface area contributed by atoms with Crippen LogP contribution in [0.1, 0.15) is 41.0 Å². The first kappa shape index (κ1) is 16.8. The number of halogens is 2. The molecule has 4 heterocycles. The molecule has 132 valence electrons. The van der Waals surface area contributed by atoms with Crippen molar-refractivity contribution in [1.29, 1.82) is 0 Å². The molecule has 2 aromatic heterocycles. The van der Waals surface area contributed by atoms with Crippen molar-refractivity contribution in [3.05, 3.63) is 39.7 Å². The molecule has 4 rings (SSSR count). The van der Waals surface area contributed by atoms with Gasteiger partial charge in [0.25, 0.3) is 5.91 Å². The van der Waals surface area contributed by atoms with Crippen LogP contribution in [0.3, 0.4) is 0 Å². The van der Waals surface area contributed by atoms with Gasteiger partial charge in [-0.05, 0) is 31.7 Å². The monoisotopic (exact) mass is 381 g/mol. The minimum Gasteiger partial charge on any atom is -0.365 e. The molecule has 2 aliphatic heterocycles. The van der Waals surface area contributed by atoms with Crippen molar-refractivity contribution < 1.29 is 9.53 Å². The van der Waals surface area contributed by atoms with Gasteiger partial charge in [-0.15, -0.1) is 0 Å². The highest BCUT2D eigenvalue weighted by molar-refractivity contribution is 6.36. The summed E-state index contributed by atoms with van der Waals surface area (Å²) < 4.78 is 6.12. The molecule has 0 aliphatic carbocycles. The van der Waals surface area contributed by atoms with E-state index in [0.29, 0.717) is 35.4 Å². The van der Waals surface area contributed by atoms with Crippen molar-refractivity contribution in [3.63, 3.8) is 0 Å². The zero-order valence-electron chi connectivity index (χ0n) is 13.6. The van der Waals surface area contributed by atoms with Crippen molar-refractivity contribution in [3.8, 4) is 0 Å². The van der Waals surface area contributed by atoms with E-state index in [-0.39, 0.29) is 23.3 Å². The summed E-state index contributed by atoms with van der Waals surface area (Å²) in [5.41, 5.74) is 0.364. The Morgan fingerprint density at radius 1 is 1.44 bits per heavy atom. The number of aromatic nitrogens is 4. The molecule has 25 heavy (non-hydrogen) atoms. The van der Waals surface area contributed by atoms with Crippen LogP contribution in [0, 0.1) is 12.8 Å². The number of ether oxygens (including phenoxy) is 1. The van der Waals surface area contributed by atoms with Gasteiger partial charge in [-0.3, -0.25) is 9.89 Å². The number of carbonyl (C=O) groups is 1. The Hall–Kier alpha value is -1.70. The van der Waals surface area contributed by atoms with Crippen LogP contribution in [0.25, 0.3) is 0 Å². The maximum absolute atomic E-state index is 12.7. The van der Waals surface area contributed by atoms with Gasteiger partial charge in [-0.2, -0.15) is 5.10 Å². The van der Waals surface area contributed by atoms with Crippen LogP contribution in [-0.2, 0) is 4.74 Å². The third-order valence-corrected chi connectivity index (χ3v) is 5.31. The highest BCUT2D eigenvalue weighted by Gasteiger charge is 2.42. The van der Waals surface area contributed by atoms with E-state index in [9.17, 15) is 4.79 Å². The number of fused-ring (bicyclic) bond motifs is 1. The molecule has 1 amide bonds. The molecule has 0 bridgehead atoms. The third kappa shape index (κ3) is 3.23. The fourth-order valence-corrected chi connectivity index (χ4v) is 3.97. The number of pyridine rings is 1. The van der Waals surface area contributed by atoms with E-state index < -0.39 is 0 Å². The van der Waals surface area contributed by atoms with Crippen LogP contribution >= 0.6 is 23.2 Å². The lowest BCUT2D eigenvalue weighted by molar-refractivity contribution is -0.00683. The van der Waals surface area contributed by atoms with Gasteiger partial charge in [0.2, 0.25) is 0 Å². The summed E-state index contributed by atoms with van der Waals surface area (Å²) in [6, 6.07) is 1.48. The van der Waals surface area contributed by atoms with E-state index in [1.54, 1.807) is 4.90 Å². The molecule has 2 aliphatic rings. The normalized spacial score (nSPS) is 25.9. The quantitative estimate of drug-likeness (QED) is 0.808. The first-order chi connectivity index (χ1) is 12.0. The average Bonchev–Trinajstić information content (AvgIpc) is 3.19. The minimum absolute atomic E-state index is 0.0134. The molecule has 0 radical (unpaired) electrons. The smallest absolute Gasteiger partial charge is 0.257 e. The molecule has 0 spiro atoms. The Bertz CT molecular complexity index is 812. The number of rotatable bonds is 2. The van der Waals surface area contributed by atoms with Gasteiger partial charge in [0.05, 0.1) is 16.7 Å². The molecular weight excluding hydrogens is 365 g/mol. The summed E-state index contributed by atoms with van der Waals surface area (Å²) in [7, 11) is 0. The highest BCUT2D eigenvalue weighted by atomic mass is 35.5. The SMILES string of the molecule is Cc1nc([C@H]2CC3CCN(C(=O)c4cnc(Cl)cc4Cl)C[C@H]3O2)n[nH]1. The number of likely N-dealkylation sites (tertiary alicyclic amines) is 1. The number of nitrogens with zero attached hydrogens (tertiary/aromatic N) is 4. The Morgan fingerprint density at radius 3 is 3.00 bits per heavy atom. The molecule has 7 nitrogen and oxygen atoms in total. The lowest BCUT2D eigenvalue weighted by Crippen LogP contribution is -2.45. The predicted octanol–water partition coefficient (Wildman–Crippen LogP) is 2.81. The Labute approximate surface area is 154 Å². The number of piperidine rings is 1. The second kappa shape index (κ2) is 6.55. The number of carbonyl (C=O) groups excluding carboxylic acids is 1. The minimum atomic E-state index is -0.145. The van der Waals surface area contributed by atoms with Gasteiger partial charge < -0.3 is 9.64 Å². The number of H-pyrrole nitrogens is 1. The molecule has 2 fully saturated rings. The van der Waals surface area contributed by atoms with Crippen molar-refractivity contribution in [2.24, 2.45) is 5.92 Å². The molecule has 3 atom stereocenters. The Balaban J connectivity index is 1.46. The van der Waals surface area contributed by atoms with Gasteiger partial charge in [-0.25, -0.2) is 9.97 Å². The van der Waals surface area contributed by atoms with Crippen LogP contribution < -0.4 is 0 Å². The van der Waals surface area contributed by atoms with Crippen LogP contribution in [0.15, 0.2) is 12.3 Å². The number of aromatic amines is 1. The van der Waals surface area contributed by atoms with Crippen molar-refractivity contribution in [2.75, 3.05) is 13.1 Å². The van der Waals surface area contributed by atoms with Crippen molar-refractivity contribution >= 4 is 29.1 Å². The van der Waals surface area contributed by atoms with E-state index in [0.717, 1.165) is 18.7 Å². The summed E-state index contributed by atoms with van der Waals surface area (Å²) in [4.78, 5) is 22.8. The largest absolute Gasteiger partial charge is 0.365 e. The Morgan fingerprint density at radius 2 is 2.28 bits per heavy atom. The second-order valence-corrected chi connectivity index (χ2v) is 7.26. The summed E-state index contributed by atoms with van der Waals surface area (Å²) >= 11 is 11.9. The zero-order valence-corrected chi connectivity index (χ0v) is 15.1. The van der Waals surface area contributed by atoms with Crippen LogP contribution in [-0.4, -0.2) is 50.2 Å². The van der Waals surface area contributed by atoms with Crippen molar-refractivity contribution in [2.45, 2.75) is 32.0 Å². The maximum Gasteiger partial charge on any atom is 0.257 e. The maximum atomic E-state index is 12.7. The lowest BCUT2D eigenvalue weighted by atomic mass is 9.91. The number of amides is 1. The summed E-state index contributed by atoms with van der Waals surface area (Å²) in [5.74, 6) is 1.73. The van der Waals surface area contributed by atoms with Crippen LogP contribution in [0.2, 0.25) is 10.2 Å². The topological polar surface area (TPSA) is 84.0 Å². The first-order valence-electron chi connectivity index (χ1n) is 8.16. The number of hydrogen-bond donors (Lipinski definition) is 1. The van der Waals surface area contributed by atoms with Gasteiger partial charge >= 0.3 is 0 Å². The predicted molar refractivity (Wildman–Crippen MR) is 91.6 cm³/mol. The third-order valence-electron chi connectivity index (χ3n) is 4.79. The first-order valence-corrected chi connectivity index (χ1v) is 8.91. The molecule has 1 N–H and O–H groups in total. The van der Waals surface area contributed by atoms with E-state index in [2.05, 4.69) is 20.2 Å². The summed E-state index contributed by atoms with van der Waals surface area (Å²) in [6.07, 6.45) is 3.06. The molecule has 2 aromatic rings. The zero-order chi connectivity index (χ0) is 17.6. The molecule has 2 saturated heterocycles. The molecule has 9 heteroatoms. The summed E-state index contributed by atoms with van der Waals surface area (Å²) in [6.45, 7) is 3.06. The number of hydrogen-bond acceptors (Lipinski definition) is 5. The number of nitrogens with one attached hydrogen (secondary N) is 1. The fraction of sp³-hybridized carbons (Fsp3) is 0.500. The number of aryl methyl sites for hydroxylation is 1. The molecule has 1 unspecified atom stereocenters. The lowest BCUT2D eigenvalue weighted by Gasteiger charge is -2.34. The fourth-order valence-electron chi connectivity index (χ4n) is 3.52. The van der Waals surface area contributed by atoms with E-state index in [1.165, 1.54) is 12.3 Å². The second-order valence-electron chi connectivity index (χ2n) is 6.46. The van der Waals surface area contributed by atoms with Crippen molar-refractivity contribution in [1.82, 2.24) is 25.1 Å². The molecular formula is C16H17Cl2N5O2. The average molecular weight is 382 g/mol. The summed E-state index contributed by atoms with van der Waals surface area (Å²) in [5, 5.41) is 7.63. The van der Waals surface area contributed by atoms with Gasteiger partial charge in [-0.1, -0.05) is 23.2 Å². The van der Waals surface area contributed by atoms with Crippen LogP contribution in [0.5, 0.6) is 0 Å². The molecule has 0 aromatic carbocycles. The van der Waals surface area contributed by atoms with Gasteiger partial charge in [0.1, 0.15) is 17.1 Å². The highest BCUT2D eigenvalue weighted by Crippen LogP contribution is 2.40. The van der Waals surface area contributed by atoms with Crippen LogP contribution in [0.4, 0.5) is 0 Å². The van der Waals surface area contributed by atoms with Gasteiger partial charge in [0.15, 0.2) is 5.82 Å². The van der Waals surface area contributed by atoms with E-state index in [4.69, 9.17) is 27.9 Å². The van der Waals surface area contributed by atoms with E-state index in [1.807, 2.05) is 6.92 Å².